The van der Waals surface area contributed by atoms with E-state index < -0.39 is 41.5 Å². The molecule has 8 nitrogen and oxygen atoms in total. The van der Waals surface area contributed by atoms with Crippen LogP contribution >= 0.6 is 11.8 Å². The summed E-state index contributed by atoms with van der Waals surface area (Å²) >= 11 is 1.35. The maximum atomic E-state index is 13.6. The first-order valence-electron chi connectivity index (χ1n) is 12.2. The third-order valence-electron chi connectivity index (χ3n) is 6.60. The number of amides is 2. The third kappa shape index (κ3) is 5.28. The van der Waals surface area contributed by atoms with Crippen LogP contribution in [0.2, 0.25) is 0 Å². The monoisotopic (exact) mass is 530 g/mol. The van der Waals surface area contributed by atoms with Crippen LogP contribution in [0.3, 0.4) is 0 Å². The zero-order chi connectivity index (χ0) is 26.5. The molecule has 0 saturated carbocycles. The molecule has 2 saturated heterocycles. The molecule has 2 amide bonds. The first kappa shape index (κ1) is 25.5. The van der Waals surface area contributed by atoms with Crippen molar-refractivity contribution in [3.63, 3.8) is 0 Å². The van der Waals surface area contributed by atoms with Crippen molar-refractivity contribution >= 4 is 36.0 Å². The molecule has 2 aliphatic heterocycles. The Hall–Kier alpha value is -4.11. The second kappa shape index (κ2) is 11.5. The van der Waals surface area contributed by atoms with Crippen molar-refractivity contribution < 1.29 is 28.7 Å². The van der Waals surface area contributed by atoms with Crippen LogP contribution in [0.15, 0.2) is 91.0 Å². The van der Waals surface area contributed by atoms with Gasteiger partial charge in [0.05, 0.1) is 6.42 Å². The van der Waals surface area contributed by atoms with Gasteiger partial charge in [-0.2, -0.15) is 0 Å². The van der Waals surface area contributed by atoms with Crippen molar-refractivity contribution in [2.75, 3.05) is 5.75 Å². The average molecular weight is 531 g/mol. The molecule has 9 heteroatoms. The number of rotatable bonds is 9. The highest BCUT2D eigenvalue weighted by atomic mass is 32.2. The molecule has 0 radical (unpaired) electrons. The van der Waals surface area contributed by atoms with Crippen molar-refractivity contribution in [2.45, 2.75) is 36.1 Å². The van der Waals surface area contributed by atoms with Gasteiger partial charge in [0.25, 0.3) is 6.47 Å². The predicted molar refractivity (Wildman–Crippen MR) is 141 cm³/mol. The van der Waals surface area contributed by atoms with E-state index in [0.717, 1.165) is 16.7 Å². The number of nitrogens with zero attached hydrogens (tertiary/aromatic N) is 1. The minimum atomic E-state index is -1.13. The third-order valence-corrected chi connectivity index (χ3v) is 7.96. The van der Waals surface area contributed by atoms with Crippen LogP contribution < -0.4 is 5.32 Å². The number of thioether (sulfide) groups is 1. The normalized spacial score (nSPS) is 22.1. The number of fused-ring (bicyclic) bond motifs is 1. The van der Waals surface area contributed by atoms with Gasteiger partial charge in [-0.25, -0.2) is 4.79 Å². The van der Waals surface area contributed by atoms with Crippen LogP contribution in [-0.4, -0.2) is 58.5 Å². The Bertz CT molecular complexity index is 1250. The number of esters is 1. The van der Waals surface area contributed by atoms with Gasteiger partial charge in [-0.1, -0.05) is 91.0 Å². The summed E-state index contributed by atoms with van der Waals surface area (Å²) in [6.07, 6.45) is -1.45. The number of ether oxygens (including phenoxy) is 2. The van der Waals surface area contributed by atoms with Gasteiger partial charge in [0.1, 0.15) is 17.5 Å². The van der Waals surface area contributed by atoms with Crippen LogP contribution in [-0.2, 0) is 35.1 Å². The van der Waals surface area contributed by atoms with Crippen molar-refractivity contribution in [3.05, 3.63) is 108 Å². The molecule has 2 aliphatic rings. The lowest BCUT2D eigenvalue weighted by Crippen LogP contribution is -2.77. The fraction of sp³-hybridized carbons (Fsp3) is 0.241. The molecule has 0 aliphatic carbocycles. The van der Waals surface area contributed by atoms with E-state index in [1.165, 1.54) is 16.7 Å². The van der Waals surface area contributed by atoms with E-state index in [-0.39, 0.29) is 24.6 Å². The quantitative estimate of drug-likeness (QED) is 0.258. The molecule has 0 spiro atoms. The molecule has 4 atom stereocenters. The number of benzene rings is 3. The van der Waals surface area contributed by atoms with Crippen LogP contribution in [0.5, 0.6) is 0 Å². The molecule has 3 aromatic carbocycles. The molecule has 0 bridgehead atoms. The van der Waals surface area contributed by atoms with Crippen molar-refractivity contribution in [1.82, 2.24) is 10.2 Å². The first-order valence-corrected chi connectivity index (χ1v) is 13.3. The van der Waals surface area contributed by atoms with Crippen LogP contribution in [0.25, 0.3) is 0 Å². The summed E-state index contributed by atoms with van der Waals surface area (Å²) in [4.78, 5) is 52.1. The molecule has 2 unspecified atom stereocenters. The van der Waals surface area contributed by atoms with Crippen molar-refractivity contribution in [2.24, 2.45) is 0 Å². The van der Waals surface area contributed by atoms with E-state index in [1.54, 1.807) is 0 Å². The summed E-state index contributed by atoms with van der Waals surface area (Å²) in [5.74, 6) is -1.10. The highest BCUT2D eigenvalue weighted by Gasteiger charge is 2.59. The number of carbonyl (C=O) groups is 4. The van der Waals surface area contributed by atoms with E-state index >= 15 is 0 Å². The summed E-state index contributed by atoms with van der Waals surface area (Å²) in [5.41, 5.74) is 2.36. The Labute approximate surface area is 224 Å². The minimum absolute atomic E-state index is 0.139. The van der Waals surface area contributed by atoms with E-state index in [2.05, 4.69) is 5.32 Å². The molecule has 38 heavy (non-hydrogen) atoms. The second-order valence-corrected chi connectivity index (χ2v) is 10.2. The zero-order valence-electron chi connectivity index (χ0n) is 20.3. The average Bonchev–Trinajstić information content (AvgIpc) is 2.96. The van der Waals surface area contributed by atoms with Gasteiger partial charge >= 0.3 is 5.97 Å². The van der Waals surface area contributed by atoms with Crippen molar-refractivity contribution in [1.29, 1.82) is 0 Å². The molecule has 194 valence electrons. The smallest absolute Gasteiger partial charge is 0.333 e. The highest BCUT2D eigenvalue weighted by molar-refractivity contribution is 8.00. The van der Waals surface area contributed by atoms with Gasteiger partial charge in [0.15, 0.2) is 12.1 Å². The summed E-state index contributed by atoms with van der Waals surface area (Å²) in [7, 11) is 0. The van der Waals surface area contributed by atoms with E-state index in [0.29, 0.717) is 0 Å². The number of carbonyl (C=O) groups excluding carboxylic acids is 4. The molecular weight excluding hydrogens is 504 g/mol. The maximum absolute atomic E-state index is 13.6. The fourth-order valence-corrected chi connectivity index (χ4v) is 6.20. The van der Waals surface area contributed by atoms with Crippen LogP contribution in [0.1, 0.15) is 22.8 Å². The summed E-state index contributed by atoms with van der Waals surface area (Å²) in [6, 6.07) is 25.9. The summed E-state index contributed by atoms with van der Waals surface area (Å²) in [5, 5.41) is 2.33. The molecule has 0 aromatic heterocycles. The molecule has 2 fully saturated rings. The Morgan fingerprint density at radius 1 is 0.947 bits per heavy atom. The van der Waals surface area contributed by atoms with Gasteiger partial charge in [0.2, 0.25) is 11.8 Å². The molecular formula is C29H26N2O6S. The second-order valence-electron chi connectivity index (χ2n) is 9.03. The molecule has 2 heterocycles. The van der Waals surface area contributed by atoms with E-state index in [4.69, 9.17) is 9.47 Å². The molecule has 5 rings (SSSR count). The number of hydrogen-bond acceptors (Lipinski definition) is 7. The van der Waals surface area contributed by atoms with Crippen LogP contribution in [0, 0.1) is 0 Å². The lowest BCUT2D eigenvalue weighted by atomic mass is 9.98. The van der Waals surface area contributed by atoms with Gasteiger partial charge in [-0.15, -0.1) is 11.8 Å². The fourth-order valence-electron chi connectivity index (χ4n) is 4.78. The summed E-state index contributed by atoms with van der Waals surface area (Å²) in [6.45, 7) is 0.279. The standard InChI is InChI=1S/C29H26N2O6S/c32-18-36-22-17-38-28-24(30-23(33)16-19-10-4-1-5-11-19)27(34)31(28)25(22)29(35)37-26(20-12-6-2-7-13-20)21-14-8-3-9-15-21/h1-15,18,22,24-26,28H,16-17H2,(H,30,33)/t22?,24-,25?,28-/m1/s1. The van der Waals surface area contributed by atoms with Crippen molar-refractivity contribution in [3.8, 4) is 0 Å². The SMILES string of the molecule is O=COC1CS[C@@H]2[C@H](NC(=O)Cc3ccccc3)C(=O)N2C1C(=O)OC(c1ccccc1)c1ccccc1. The van der Waals surface area contributed by atoms with E-state index in [1.807, 2.05) is 91.0 Å². The lowest BCUT2D eigenvalue weighted by molar-refractivity contribution is -0.176. The highest BCUT2D eigenvalue weighted by Crippen LogP contribution is 2.40. The first-order chi connectivity index (χ1) is 18.6. The van der Waals surface area contributed by atoms with Gasteiger partial charge in [0, 0.05) is 5.75 Å². The minimum Gasteiger partial charge on any atom is -0.461 e. The number of hydrogen-bond donors (Lipinski definition) is 1. The van der Waals surface area contributed by atoms with E-state index in [9.17, 15) is 19.2 Å². The van der Waals surface area contributed by atoms with Gasteiger partial charge in [-0.05, 0) is 16.7 Å². The summed E-state index contributed by atoms with van der Waals surface area (Å²) < 4.78 is 11.2. The predicted octanol–water partition coefficient (Wildman–Crippen LogP) is 2.87. The maximum Gasteiger partial charge on any atom is 0.333 e. The Morgan fingerprint density at radius 3 is 2.11 bits per heavy atom. The lowest BCUT2D eigenvalue weighted by Gasteiger charge is -2.53. The number of nitrogens with one attached hydrogen (secondary N) is 1. The molecule has 1 N–H and O–H groups in total. The van der Waals surface area contributed by atoms with Crippen LogP contribution in [0.4, 0.5) is 0 Å². The van der Waals surface area contributed by atoms with Gasteiger partial charge in [-0.3, -0.25) is 14.4 Å². The molecule has 3 aromatic rings. The number of β-lactam (4-membered cyclic amide) rings is 1. The Balaban J connectivity index is 1.34. The topological polar surface area (TPSA) is 102 Å². The zero-order valence-corrected chi connectivity index (χ0v) is 21.2. The Kier molecular flexibility index (Phi) is 7.74. The Morgan fingerprint density at radius 2 is 1.53 bits per heavy atom. The largest absolute Gasteiger partial charge is 0.461 e. The van der Waals surface area contributed by atoms with Gasteiger partial charge < -0.3 is 19.7 Å².